The number of nitro groups is 1. The molecule has 0 fully saturated rings. The molecule has 1 aromatic heterocycles. The first-order chi connectivity index (χ1) is 7.20. The average molecular weight is 209 g/mol. The Morgan fingerprint density at radius 1 is 1.33 bits per heavy atom. The van der Waals surface area contributed by atoms with Crippen LogP contribution in [0.4, 0.5) is 0 Å². The van der Waals surface area contributed by atoms with Crippen LogP contribution in [0.15, 0.2) is 30.5 Å². The quantitative estimate of drug-likeness (QED) is 0.535. The molecule has 15 heavy (non-hydrogen) atoms. The van der Waals surface area contributed by atoms with Gasteiger partial charge in [-0.05, 0) is 6.07 Å². The SMILES string of the molecule is CC.C[N+](=O)[O-].c1ccc2[nH]ncc2c1. The van der Waals surface area contributed by atoms with Crippen LogP contribution in [0.25, 0.3) is 10.9 Å². The van der Waals surface area contributed by atoms with Gasteiger partial charge >= 0.3 is 0 Å². The predicted molar refractivity (Wildman–Crippen MR) is 60.4 cm³/mol. The molecule has 0 unspecified atom stereocenters. The van der Waals surface area contributed by atoms with Crippen molar-refractivity contribution in [1.29, 1.82) is 0 Å². The molecule has 0 aliphatic heterocycles. The molecule has 82 valence electrons. The van der Waals surface area contributed by atoms with Crippen LogP contribution in [0.2, 0.25) is 0 Å². The highest BCUT2D eigenvalue weighted by Gasteiger charge is 1.88. The van der Waals surface area contributed by atoms with Crippen LogP contribution in [-0.2, 0) is 0 Å². The van der Waals surface area contributed by atoms with Crippen molar-refractivity contribution < 1.29 is 4.92 Å². The van der Waals surface area contributed by atoms with E-state index in [0.717, 1.165) is 18.0 Å². The second-order valence-corrected chi connectivity index (χ2v) is 2.40. The standard InChI is InChI=1S/C7H6N2.C2H6.CH3NO2/c1-2-4-7-6(3-1)5-8-9-7;1-2;1-2(3)4/h1-5H,(H,8,9);1-2H3;1H3. The molecule has 0 aliphatic rings. The first-order valence-electron chi connectivity index (χ1n) is 4.66. The molecular weight excluding hydrogens is 194 g/mol. The lowest BCUT2D eigenvalue weighted by Crippen LogP contribution is -1.79. The van der Waals surface area contributed by atoms with Crippen LogP contribution in [0.5, 0.6) is 0 Å². The summed E-state index contributed by atoms with van der Waals surface area (Å²) in [4.78, 5) is 8.31. The Hall–Kier alpha value is -1.91. The van der Waals surface area contributed by atoms with Crippen LogP contribution in [0.1, 0.15) is 13.8 Å². The van der Waals surface area contributed by atoms with E-state index < -0.39 is 4.92 Å². The van der Waals surface area contributed by atoms with Gasteiger partial charge in [0.1, 0.15) is 0 Å². The number of para-hydroxylation sites is 1. The summed E-state index contributed by atoms with van der Waals surface area (Å²) in [5, 5.41) is 16.7. The van der Waals surface area contributed by atoms with E-state index in [1.54, 1.807) is 0 Å². The summed E-state index contributed by atoms with van der Waals surface area (Å²) < 4.78 is 0. The third-order valence-corrected chi connectivity index (χ3v) is 1.35. The van der Waals surface area contributed by atoms with Gasteiger partial charge in [0.25, 0.3) is 0 Å². The zero-order chi connectivity index (χ0) is 11.7. The predicted octanol–water partition coefficient (Wildman–Crippen LogP) is 2.48. The van der Waals surface area contributed by atoms with E-state index in [9.17, 15) is 0 Å². The minimum absolute atomic E-state index is 0.500. The van der Waals surface area contributed by atoms with Crippen molar-refractivity contribution in [3.05, 3.63) is 40.6 Å². The van der Waals surface area contributed by atoms with Gasteiger partial charge in [0.2, 0.25) is 0 Å². The number of H-pyrrole nitrogens is 1. The van der Waals surface area contributed by atoms with E-state index in [1.165, 1.54) is 0 Å². The second-order valence-electron chi connectivity index (χ2n) is 2.40. The lowest BCUT2D eigenvalue weighted by molar-refractivity contribution is -0.445. The molecule has 0 amide bonds. The molecule has 2 aromatic rings. The van der Waals surface area contributed by atoms with Gasteiger partial charge in [0, 0.05) is 10.3 Å². The van der Waals surface area contributed by atoms with Gasteiger partial charge in [-0.1, -0.05) is 32.0 Å². The van der Waals surface area contributed by atoms with E-state index in [4.69, 9.17) is 10.1 Å². The third-order valence-electron chi connectivity index (χ3n) is 1.35. The zero-order valence-electron chi connectivity index (χ0n) is 9.10. The first-order valence-corrected chi connectivity index (χ1v) is 4.66. The smallest absolute Gasteiger partial charge is 0.194 e. The zero-order valence-corrected chi connectivity index (χ0v) is 9.10. The van der Waals surface area contributed by atoms with Crippen molar-refractivity contribution in [3.8, 4) is 0 Å². The maximum atomic E-state index is 8.81. The molecule has 1 heterocycles. The number of benzene rings is 1. The van der Waals surface area contributed by atoms with E-state index in [2.05, 4.69) is 10.2 Å². The van der Waals surface area contributed by atoms with Crippen molar-refractivity contribution in [2.24, 2.45) is 0 Å². The number of nitrogens with zero attached hydrogens (tertiary/aromatic N) is 2. The number of aromatic amines is 1. The minimum atomic E-state index is -0.500. The Morgan fingerprint density at radius 2 is 1.87 bits per heavy atom. The van der Waals surface area contributed by atoms with Crippen molar-refractivity contribution in [2.75, 3.05) is 7.05 Å². The molecule has 1 aromatic carbocycles. The number of aromatic nitrogens is 2. The molecule has 2 rings (SSSR count). The Labute approximate surface area is 88.3 Å². The van der Waals surface area contributed by atoms with Crippen LogP contribution < -0.4 is 0 Å². The number of rotatable bonds is 0. The molecule has 0 aliphatic carbocycles. The minimum Gasteiger partial charge on any atom is -0.278 e. The summed E-state index contributed by atoms with van der Waals surface area (Å²) >= 11 is 0. The monoisotopic (exact) mass is 209 g/mol. The van der Waals surface area contributed by atoms with Crippen molar-refractivity contribution in [3.63, 3.8) is 0 Å². The molecular formula is C10H15N3O2. The maximum Gasteiger partial charge on any atom is 0.194 e. The van der Waals surface area contributed by atoms with Crippen molar-refractivity contribution in [2.45, 2.75) is 13.8 Å². The Morgan fingerprint density at radius 3 is 2.40 bits per heavy atom. The first kappa shape index (κ1) is 13.1. The molecule has 0 radical (unpaired) electrons. The molecule has 5 nitrogen and oxygen atoms in total. The summed E-state index contributed by atoms with van der Waals surface area (Å²) in [6.45, 7) is 4.00. The summed E-state index contributed by atoms with van der Waals surface area (Å²) in [5.41, 5.74) is 1.09. The highest BCUT2D eigenvalue weighted by atomic mass is 16.6. The van der Waals surface area contributed by atoms with Gasteiger partial charge in [-0.15, -0.1) is 0 Å². The number of hydrogen-bond acceptors (Lipinski definition) is 3. The summed E-state index contributed by atoms with van der Waals surface area (Å²) in [6, 6.07) is 8.01. The fourth-order valence-electron chi connectivity index (χ4n) is 0.883. The summed E-state index contributed by atoms with van der Waals surface area (Å²) in [7, 11) is 0.889. The summed E-state index contributed by atoms with van der Waals surface area (Å²) in [6.07, 6.45) is 1.81. The van der Waals surface area contributed by atoms with Gasteiger partial charge in [-0.2, -0.15) is 5.10 Å². The fraction of sp³-hybridized carbons (Fsp3) is 0.300. The molecule has 0 spiro atoms. The Bertz CT molecular complexity index is 364. The van der Waals surface area contributed by atoms with Gasteiger partial charge in [-0.25, -0.2) is 0 Å². The second kappa shape index (κ2) is 7.49. The molecule has 0 saturated heterocycles. The van der Waals surface area contributed by atoms with Crippen LogP contribution in [0, 0.1) is 10.1 Å². The van der Waals surface area contributed by atoms with Crippen molar-refractivity contribution in [1.82, 2.24) is 10.2 Å². The van der Waals surface area contributed by atoms with Gasteiger partial charge < -0.3 is 0 Å². The number of nitrogens with one attached hydrogen (secondary N) is 1. The molecule has 0 bridgehead atoms. The molecule has 0 atom stereocenters. The largest absolute Gasteiger partial charge is 0.278 e. The van der Waals surface area contributed by atoms with E-state index in [1.807, 2.05) is 44.3 Å². The fourth-order valence-corrected chi connectivity index (χ4v) is 0.883. The van der Waals surface area contributed by atoms with E-state index >= 15 is 0 Å². The van der Waals surface area contributed by atoms with Crippen LogP contribution >= 0.6 is 0 Å². The van der Waals surface area contributed by atoms with Crippen LogP contribution in [0.3, 0.4) is 0 Å². The highest BCUT2D eigenvalue weighted by molar-refractivity contribution is 5.77. The lowest BCUT2D eigenvalue weighted by Gasteiger charge is -1.81. The molecule has 0 saturated carbocycles. The summed E-state index contributed by atoms with van der Waals surface area (Å²) in [5.74, 6) is 0. The molecule has 5 heteroatoms. The van der Waals surface area contributed by atoms with Gasteiger partial charge in [0.15, 0.2) is 7.05 Å². The number of hydrogen-bond donors (Lipinski definition) is 1. The third kappa shape index (κ3) is 5.41. The van der Waals surface area contributed by atoms with Crippen molar-refractivity contribution >= 4 is 10.9 Å². The van der Waals surface area contributed by atoms with E-state index in [0.29, 0.717) is 0 Å². The number of fused-ring (bicyclic) bond motifs is 1. The van der Waals surface area contributed by atoms with Gasteiger partial charge in [-0.3, -0.25) is 15.2 Å². The Balaban J connectivity index is 0.000000282. The maximum absolute atomic E-state index is 8.81. The normalized spacial score (nSPS) is 8.20. The topological polar surface area (TPSA) is 71.8 Å². The van der Waals surface area contributed by atoms with E-state index in [-0.39, 0.29) is 0 Å². The highest BCUT2D eigenvalue weighted by Crippen LogP contribution is 2.06. The average Bonchev–Trinajstić information content (AvgIpc) is 2.67. The lowest BCUT2D eigenvalue weighted by atomic mass is 10.3. The van der Waals surface area contributed by atoms with Gasteiger partial charge in [0.05, 0.1) is 11.7 Å². The molecule has 1 N–H and O–H groups in total. The Kier molecular flexibility index (Phi) is 6.54. The van der Waals surface area contributed by atoms with Crippen LogP contribution in [-0.4, -0.2) is 22.2 Å².